The van der Waals surface area contributed by atoms with Crippen LogP contribution in [-0.4, -0.2) is 38.9 Å². The molecule has 0 fully saturated rings. The van der Waals surface area contributed by atoms with Crippen molar-refractivity contribution in [3.8, 4) is 11.4 Å². The zero-order chi connectivity index (χ0) is 18.5. The molecule has 8 nitrogen and oxygen atoms in total. The van der Waals surface area contributed by atoms with Crippen molar-refractivity contribution in [1.29, 1.82) is 0 Å². The van der Waals surface area contributed by atoms with E-state index >= 15 is 0 Å². The summed E-state index contributed by atoms with van der Waals surface area (Å²) in [5, 5.41) is 15.1. The topological polar surface area (TPSA) is 94.3 Å². The molecule has 1 amide bonds. The second-order valence-electron chi connectivity index (χ2n) is 5.64. The summed E-state index contributed by atoms with van der Waals surface area (Å²) in [6.07, 6.45) is 1.48. The smallest absolute Gasteiger partial charge is 0.271 e. The van der Waals surface area contributed by atoms with E-state index in [2.05, 4.69) is 26.1 Å². The third kappa shape index (κ3) is 3.75. The van der Waals surface area contributed by atoms with E-state index in [0.29, 0.717) is 17.0 Å². The molecule has 0 saturated heterocycles. The Kier molecular flexibility index (Phi) is 5.02. The summed E-state index contributed by atoms with van der Waals surface area (Å²) in [5.74, 6) is 0.399. The fraction of sp³-hybridized carbons (Fsp3) is 0.167. The van der Waals surface area contributed by atoms with Crippen LogP contribution in [0.25, 0.3) is 5.69 Å². The van der Waals surface area contributed by atoms with Crippen molar-refractivity contribution >= 4 is 11.6 Å². The first-order valence-corrected chi connectivity index (χ1v) is 7.91. The molecule has 0 saturated carbocycles. The normalized spacial score (nSPS) is 11.3. The van der Waals surface area contributed by atoms with E-state index in [1.54, 1.807) is 31.4 Å². The molecular formula is C18H18N6O2. The summed E-state index contributed by atoms with van der Waals surface area (Å²) in [6.45, 7) is 3.80. The molecule has 0 atom stereocenters. The van der Waals surface area contributed by atoms with Crippen molar-refractivity contribution in [2.75, 3.05) is 7.11 Å². The minimum atomic E-state index is -0.306. The lowest BCUT2D eigenvalue weighted by Gasteiger charge is -2.09. The first-order chi connectivity index (χ1) is 12.6. The maximum atomic E-state index is 12.3. The Morgan fingerprint density at radius 1 is 1.19 bits per heavy atom. The average molecular weight is 350 g/mol. The number of methoxy groups -OCH3 is 1. The summed E-state index contributed by atoms with van der Waals surface area (Å²) < 4.78 is 6.86. The highest BCUT2D eigenvalue weighted by atomic mass is 16.5. The number of benzene rings is 2. The van der Waals surface area contributed by atoms with Crippen LogP contribution in [0.2, 0.25) is 0 Å². The van der Waals surface area contributed by atoms with Gasteiger partial charge in [0, 0.05) is 11.1 Å². The lowest BCUT2D eigenvalue weighted by molar-refractivity contribution is 0.0955. The molecule has 0 aliphatic heterocycles. The van der Waals surface area contributed by atoms with E-state index in [9.17, 15) is 4.79 Å². The molecule has 3 rings (SSSR count). The van der Waals surface area contributed by atoms with Crippen LogP contribution in [0.5, 0.6) is 5.75 Å². The molecular weight excluding hydrogens is 332 g/mol. The Labute approximate surface area is 150 Å². The number of tetrazole rings is 1. The Bertz CT molecular complexity index is 933. The van der Waals surface area contributed by atoms with E-state index in [-0.39, 0.29) is 5.91 Å². The second kappa shape index (κ2) is 7.56. The predicted molar refractivity (Wildman–Crippen MR) is 96.6 cm³/mol. The van der Waals surface area contributed by atoms with Crippen molar-refractivity contribution < 1.29 is 9.53 Å². The van der Waals surface area contributed by atoms with Crippen molar-refractivity contribution in [2.45, 2.75) is 13.8 Å². The number of ether oxygens (including phenoxy) is 1. The van der Waals surface area contributed by atoms with Gasteiger partial charge in [-0.3, -0.25) is 4.79 Å². The standard InChI is InChI=1S/C18H18N6O2/c1-12-4-9-17(26-3)16(10-12)13(2)20-21-18(25)14-5-7-15(8-6-14)24-11-19-22-23-24/h4-11H,1-3H3,(H,21,25)/b20-13-. The zero-order valence-corrected chi connectivity index (χ0v) is 14.7. The van der Waals surface area contributed by atoms with Gasteiger partial charge < -0.3 is 4.74 Å². The van der Waals surface area contributed by atoms with Gasteiger partial charge in [0.1, 0.15) is 12.1 Å². The summed E-state index contributed by atoms with van der Waals surface area (Å²) in [6, 6.07) is 12.7. The van der Waals surface area contributed by atoms with Crippen LogP contribution in [0, 0.1) is 6.92 Å². The quantitative estimate of drug-likeness (QED) is 0.562. The third-order valence-electron chi connectivity index (χ3n) is 3.81. The van der Waals surface area contributed by atoms with Crippen LogP contribution in [-0.2, 0) is 0 Å². The Morgan fingerprint density at radius 2 is 1.96 bits per heavy atom. The van der Waals surface area contributed by atoms with Crippen molar-refractivity contribution in [3.05, 3.63) is 65.5 Å². The van der Waals surface area contributed by atoms with E-state index in [4.69, 9.17) is 4.74 Å². The van der Waals surface area contributed by atoms with E-state index < -0.39 is 0 Å². The van der Waals surface area contributed by atoms with Gasteiger partial charge in [-0.2, -0.15) is 5.10 Å². The SMILES string of the molecule is COc1ccc(C)cc1/C(C)=N\NC(=O)c1ccc(-n2cnnn2)cc1. The van der Waals surface area contributed by atoms with Crippen molar-refractivity contribution in [3.63, 3.8) is 0 Å². The number of nitrogens with one attached hydrogen (secondary N) is 1. The first-order valence-electron chi connectivity index (χ1n) is 7.91. The number of carbonyl (C=O) groups is 1. The number of amides is 1. The Balaban J connectivity index is 1.73. The lowest BCUT2D eigenvalue weighted by atomic mass is 10.1. The lowest BCUT2D eigenvalue weighted by Crippen LogP contribution is -2.19. The van der Waals surface area contributed by atoms with Gasteiger partial charge in [0.05, 0.1) is 18.5 Å². The molecule has 0 unspecified atom stereocenters. The van der Waals surface area contributed by atoms with Gasteiger partial charge >= 0.3 is 0 Å². The molecule has 0 spiro atoms. The highest BCUT2D eigenvalue weighted by molar-refractivity contribution is 6.02. The monoisotopic (exact) mass is 350 g/mol. The zero-order valence-electron chi connectivity index (χ0n) is 14.7. The van der Waals surface area contributed by atoms with Gasteiger partial charge in [-0.1, -0.05) is 11.6 Å². The second-order valence-corrected chi connectivity index (χ2v) is 5.64. The van der Waals surface area contributed by atoms with Crippen LogP contribution in [0.4, 0.5) is 0 Å². The molecule has 1 aromatic heterocycles. The van der Waals surface area contributed by atoms with Gasteiger partial charge in [-0.25, -0.2) is 10.1 Å². The molecule has 132 valence electrons. The molecule has 1 N–H and O–H groups in total. The molecule has 26 heavy (non-hydrogen) atoms. The van der Waals surface area contributed by atoms with Crippen molar-refractivity contribution in [2.24, 2.45) is 5.10 Å². The van der Waals surface area contributed by atoms with Gasteiger partial charge in [0.25, 0.3) is 5.91 Å². The highest BCUT2D eigenvalue weighted by Crippen LogP contribution is 2.20. The van der Waals surface area contributed by atoms with Gasteiger partial charge in [0.15, 0.2) is 0 Å². The average Bonchev–Trinajstić information content (AvgIpc) is 3.20. The van der Waals surface area contributed by atoms with E-state index in [1.165, 1.54) is 11.0 Å². The molecule has 0 radical (unpaired) electrons. The van der Waals surface area contributed by atoms with Gasteiger partial charge in [-0.05, 0) is 60.7 Å². The number of aryl methyl sites for hydroxylation is 1. The number of nitrogens with zero attached hydrogens (tertiary/aromatic N) is 5. The number of rotatable bonds is 5. The summed E-state index contributed by atoms with van der Waals surface area (Å²) in [5.41, 5.74) is 6.38. The number of hydrogen-bond donors (Lipinski definition) is 1. The minimum Gasteiger partial charge on any atom is -0.496 e. The van der Waals surface area contributed by atoms with Crippen molar-refractivity contribution in [1.82, 2.24) is 25.6 Å². The largest absolute Gasteiger partial charge is 0.496 e. The number of hydrazone groups is 1. The summed E-state index contributed by atoms with van der Waals surface area (Å²) in [7, 11) is 1.60. The maximum Gasteiger partial charge on any atom is 0.271 e. The Hall–Kier alpha value is -3.55. The highest BCUT2D eigenvalue weighted by Gasteiger charge is 2.09. The van der Waals surface area contributed by atoms with Gasteiger partial charge in [-0.15, -0.1) is 5.10 Å². The molecule has 2 aromatic carbocycles. The van der Waals surface area contributed by atoms with Crippen LogP contribution in [0.15, 0.2) is 53.9 Å². The minimum absolute atomic E-state index is 0.306. The number of carbonyl (C=O) groups excluding carboxylic acids is 1. The van der Waals surface area contributed by atoms with E-state index in [1.807, 2.05) is 32.0 Å². The number of aromatic nitrogens is 4. The van der Waals surface area contributed by atoms with Crippen LogP contribution < -0.4 is 10.2 Å². The molecule has 1 heterocycles. The molecule has 0 aliphatic carbocycles. The molecule has 3 aromatic rings. The third-order valence-corrected chi connectivity index (χ3v) is 3.81. The molecule has 0 bridgehead atoms. The fourth-order valence-corrected chi connectivity index (χ4v) is 2.41. The fourth-order valence-electron chi connectivity index (χ4n) is 2.41. The number of hydrogen-bond acceptors (Lipinski definition) is 6. The Morgan fingerprint density at radius 3 is 2.62 bits per heavy atom. The summed E-state index contributed by atoms with van der Waals surface area (Å²) in [4.78, 5) is 12.3. The summed E-state index contributed by atoms with van der Waals surface area (Å²) >= 11 is 0. The van der Waals surface area contributed by atoms with Crippen LogP contribution >= 0.6 is 0 Å². The first kappa shape index (κ1) is 17.3. The molecule has 0 aliphatic rings. The van der Waals surface area contributed by atoms with E-state index in [0.717, 1.165) is 16.8 Å². The molecule has 8 heteroatoms. The van der Waals surface area contributed by atoms with Crippen LogP contribution in [0.3, 0.4) is 0 Å². The maximum absolute atomic E-state index is 12.3. The van der Waals surface area contributed by atoms with Gasteiger partial charge in [0.2, 0.25) is 0 Å². The predicted octanol–water partition coefficient (Wildman–Crippen LogP) is 2.13. The van der Waals surface area contributed by atoms with Crippen LogP contribution in [0.1, 0.15) is 28.4 Å².